The average Bonchev–Trinajstić information content (AvgIpc) is 3.30. The van der Waals surface area contributed by atoms with Gasteiger partial charge in [0.2, 0.25) is 0 Å². The summed E-state index contributed by atoms with van der Waals surface area (Å²) in [6, 6.07) is 27.1. The molecule has 4 aromatic carbocycles. The van der Waals surface area contributed by atoms with Gasteiger partial charge in [-0.05, 0) is 87.0 Å². The third-order valence-corrected chi connectivity index (χ3v) is 9.84. The number of nitrogens with one attached hydrogen (secondary N) is 1. The Labute approximate surface area is 277 Å². The van der Waals surface area contributed by atoms with Gasteiger partial charge in [-0.15, -0.1) is 0 Å². The third-order valence-electron chi connectivity index (χ3n) is 7.25. The van der Waals surface area contributed by atoms with E-state index in [2.05, 4.69) is 10.5 Å². The van der Waals surface area contributed by atoms with Gasteiger partial charge >= 0.3 is 0 Å². The molecule has 0 atom stereocenters. The van der Waals surface area contributed by atoms with Gasteiger partial charge < -0.3 is 4.57 Å². The Bertz CT molecular complexity index is 2010. The molecule has 0 saturated heterocycles. The van der Waals surface area contributed by atoms with Crippen LogP contribution in [0.3, 0.4) is 0 Å². The first-order valence-corrected chi connectivity index (χ1v) is 16.4. The first kappa shape index (κ1) is 32.3. The lowest BCUT2D eigenvalue weighted by molar-refractivity contribution is 0.0955. The van der Waals surface area contributed by atoms with Crippen LogP contribution >= 0.6 is 34.8 Å². The number of anilines is 1. The Morgan fingerprint density at radius 1 is 0.867 bits per heavy atom. The summed E-state index contributed by atoms with van der Waals surface area (Å²) in [6.45, 7) is 5.69. The van der Waals surface area contributed by atoms with Gasteiger partial charge in [-0.2, -0.15) is 5.10 Å². The maximum atomic E-state index is 14.0. The predicted molar refractivity (Wildman–Crippen MR) is 183 cm³/mol. The minimum absolute atomic E-state index is 0.0288. The number of aromatic nitrogens is 1. The molecule has 7 nitrogen and oxygen atoms in total. The lowest BCUT2D eigenvalue weighted by Gasteiger charge is -2.26. The van der Waals surface area contributed by atoms with Crippen molar-refractivity contribution in [1.29, 1.82) is 0 Å². The van der Waals surface area contributed by atoms with Crippen LogP contribution < -0.4 is 9.73 Å². The van der Waals surface area contributed by atoms with Crippen molar-refractivity contribution in [2.75, 3.05) is 4.31 Å². The molecule has 0 saturated carbocycles. The highest BCUT2D eigenvalue weighted by molar-refractivity contribution is 7.92. The first-order chi connectivity index (χ1) is 21.5. The molecule has 45 heavy (non-hydrogen) atoms. The standard InChI is InChI=1S/C34H29Cl3N4O3S/c1-22-8-15-29(16-9-22)45(43,44)40(21-25-10-12-27(35)13-11-25)32-7-5-4-6-30(32)34(42)39-38-20-26-18-23(2)41(24(26)3)33-19-28(36)14-17-31(33)37/h4-20H,21H2,1-3H3,(H,39,42)/b38-20-. The average molecular weight is 680 g/mol. The number of aryl methyl sites for hydroxylation is 2. The molecule has 1 N–H and O–H groups in total. The number of benzene rings is 4. The van der Waals surface area contributed by atoms with E-state index in [1.807, 2.05) is 31.4 Å². The number of carbonyl (C=O) groups excluding carboxylic acids is 1. The number of para-hydroxylation sites is 1. The zero-order chi connectivity index (χ0) is 32.3. The molecule has 1 amide bonds. The molecule has 0 fully saturated rings. The summed E-state index contributed by atoms with van der Waals surface area (Å²) < 4.78 is 31.3. The zero-order valence-electron chi connectivity index (χ0n) is 24.6. The van der Waals surface area contributed by atoms with Crippen LogP contribution in [-0.4, -0.2) is 25.1 Å². The smallest absolute Gasteiger partial charge is 0.273 e. The van der Waals surface area contributed by atoms with Gasteiger partial charge in [-0.1, -0.05) is 76.8 Å². The minimum Gasteiger partial charge on any atom is -0.316 e. The topological polar surface area (TPSA) is 83.8 Å². The van der Waals surface area contributed by atoms with Gasteiger partial charge in [0.25, 0.3) is 15.9 Å². The van der Waals surface area contributed by atoms with E-state index in [4.69, 9.17) is 34.8 Å². The summed E-state index contributed by atoms with van der Waals surface area (Å²) in [5.41, 5.74) is 7.74. The van der Waals surface area contributed by atoms with Crippen LogP contribution in [0.4, 0.5) is 5.69 Å². The van der Waals surface area contributed by atoms with Crippen LogP contribution in [0.15, 0.2) is 107 Å². The van der Waals surface area contributed by atoms with Crippen LogP contribution in [0.5, 0.6) is 0 Å². The highest BCUT2D eigenvalue weighted by atomic mass is 35.5. The van der Waals surface area contributed by atoms with Crippen molar-refractivity contribution in [1.82, 2.24) is 9.99 Å². The van der Waals surface area contributed by atoms with Gasteiger partial charge in [0.05, 0.1) is 39.6 Å². The van der Waals surface area contributed by atoms with E-state index in [-0.39, 0.29) is 22.7 Å². The molecule has 230 valence electrons. The van der Waals surface area contributed by atoms with Crippen molar-refractivity contribution >= 4 is 62.6 Å². The van der Waals surface area contributed by atoms with Gasteiger partial charge in [-0.3, -0.25) is 9.10 Å². The number of nitrogens with zero attached hydrogens (tertiary/aromatic N) is 3. The summed E-state index contributed by atoms with van der Waals surface area (Å²) in [7, 11) is -4.08. The molecule has 0 aliphatic carbocycles. The Kier molecular flexibility index (Phi) is 9.70. The fourth-order valence-corrected chi connectivity index (χ4v) is 6.91. The van der Waals surface area contributed by atoms with E-state index in [9.17, 15) is 13.2 Å². The fraction of sp³-hybridized carbons (Fsp3) is 0.118. The molecular formula is C34H29Cl3N4O3S. The SMILES string of the molecule is Cc1ccc(S(=O)(=O)N(Cc2ccc(Cl)cc2)c2ccccc2C(=O)N/N=C\c2cc(C)n(-c3cc(Cl)ccc3Cl)c2C)cc1. The van der Waals surface area contributed by atoms with Crippen molar-refractivity contribution in [2.24, 2.45) is 5.10 Å². The largest absolute Gasteiger partial charge is 0.316 e. The second-order valence-corrected chi connectivity index (χ2v) is 13.6. The lowest BCUT2D eigenvalue weighted by Crippen LogP contribution is -2.33. The number of hydrogen-bond acceptors (Lipinski definition) is 4. The summed E-state index contributed by atoms with van der Waals surface area (Å²) in [5, 5.41) is 5.83. The van der Waals surface area contributed by atoms with Crippen LogP contribution in [0.1, 0.15) is 38.4 Å². The van der Waals surface area contributed by atoms with E-state index in [0.717, 1.165) is 28.2 Å². The van der Waals surface area contributed by atoms with Crippen molar-refractivity contribution < 1.29 is 13.2 Å². The Hall–Kier alpha value is -4.08. The molecule has 5 rings (SSSR count). The lowest BCUT2D eigenvalue weighted by atomic mass is 10.1. The Balaban J connectivity index is 1.47. The van der Waals surface area contributed by atoms with E-state index in [1.165, 1.54) is 10.5 Å². The van der Waals surface area contributed by atoms with E-state index in [1.54, 1.807) is 91.0 Å². The molecule has 0 aliphatic heterocycles. The second kappa shape index (κ2) is 13.5. The highest BCUT2D eigenvalue weighted by Gasteiger charge is 2.28. The van der Waals surface area contributed by atoms with Crippen LogP contribution in [-0.2, 0) is 16.6 Å². The number of hydrazone groups is 1. The number of sulfonamides is 1. The van der Waals surface area contributed by atoms with Crippen molar-refractivity contribution in [3.8, 4) is 5.69 Å². The molecule has 1 aromatic heterocycles. The number of amides is 1. The summed E-state index contributed by atoms with van der Waals surface area (Å²) in [4.78, 5) is 13.6. The van der Waals surface area contributed by atoms with Gasteiger partial charge in [-0.25, -0.2) is 13.8 Å². The van der Waals surface area contributed by atoms with Gasteiger partial charge in [0, 0.05) is 27.0 Å². The molecule has 0 aliphatic rings. The first-order valence-electron chi connectivity index (χ1n) is 13.9. The number of carbonyl (C=O) groups is 1. The van der Waals surface area contributed by atoms with Gasteiger partial charge in [0.1, 0.15) is 0 Å². The molecule has 11 heteroatoms. The second-order valence-electron chi connectivity index (χ2n) is 10.4. The Morgan fingerprint density at radius 3 is 2.24 bits per heavy atom. The number of halogens is 3. The van der Waals surface area contributed by atoms with E-state index < -0.39 is 15.9 Å². The van der Waals surface area contributed by atoms with E-state index >= 15 is 0 Å². The van der Waals surface area contributed by atoms with Crippen molar-refractivity contribution in [3.05, 3.63) is 146 Å². The molecule has 0 unspecified atom stereocenters. The molecule has 1 heterocycles. The van der Waals surface area contributed by atoms with Gasteiger partial charge in [0.15, 0.2) is 0 Å². The quantitative estimate of drug-likeness (QED) is 0.125. The van der Waals surface area contributed by atoms with Crippen molar-refractivity contribution in [3.63, 3.8) is 0 Å². The molecule has 0 spiro atoms. The molecule has 5 aromatic rings. The summed E-state index contributed by atoms with van der Waals surface area (Å²) in [6.07, 6.45) is 1.53. The Morgan fingerprint density at radius 2 is 1.53 bits per heavy atom. The molecule has 0 bridgehead atoms. The summed E-state index contributed by atoms with van der Waals surface area (Å²) >= 11 is 18.7. The van der Waals surface area contributed by atoms with Crippen LogP contribution in [0.25, 0.3) is 5.69 Å². The molecular weight excluding hydrogens is 651 g/mol. The monoisotopic (exact) mass is 678 g/mol. The number of hydrogen-bond donors (Lipinski definition) is 1. The maximum Gasteiger partial charge on any atom is 0.273 e. The predicted octanol–water partition coefficient (Wildman–Crippen LogP) is 8.52. The minimum atomic E-state index is -4.08. The van der Waals surface area contributed by atoms with Crippen LogP contribution in [0.2, 0.25) is 15.1 Å². The maximum absolute atomic E-state index is 14.0. The van der Waals surface area contributed by atoms with Crippen molar-refractivity contribution in [2.45, 2.75) is 32.2 Å². The molecule has 0 radical (unpaired) electrons. The fourth-order valence-electron chi connectivity index (χ4n) is 4.94. The number of rotatable bonds is 9. The normalized spacial score (nSPS) is 11.6. The summed E-state index contributed by atoms with van der Waals surface area (Å²) in [5.74, 6) is -0.575. The highest BCUT2D eigenvalue weighted by Crippen LogP contribution is 2.31. The van der Waals surface area contributed by atoms with E-state index in [0.29, 0.717) is 20.6 Å². The zero-order valence-corrected chi connectivity index (χ0v) is 27.7. The third kappa shape index (κ3) is 7.10. The van der Waals surface area contributed by atoms with Crippen LogP contribution in [0, 0.1) is 20.8 Å².